The minimum atomic E-state index is 0.255. The van der Waals surface area contributed by atoms with E-state index in [1.807, 2.05) is 25.1 Å². The number of benzene rings is 1. The molecule has 0 bridgehead atoms. The minimum absolute atomic E-state index is 0.255. The molecule has 7 heteroatoms. The standard InChI is InChI=1S/C12H14BrN5O/c1-7-5-4-6-8(9(7)13)15-11-16-10(14-2)17-12(18-11)19-3/h4-6H,1-3H3,(H2,14,15,16,17,18). The lowest BCUT2D eigenvalue weighted by atomic mass is 10.2. The van der Waals surface area contributed by atoms with Gasteiger partial charge in [-0.2, -0.15) is 15.0 Å². The topological polar surface area (TPSA) is 72.0 Å². The second kappa shape index (κ2) is 5.83. The fraction of sp³-hybridized carbons (Fsp3) is 0.250. The fourth-order valence-electron chi connectivity index (χ4n) is 1.48. The Kier molecular flexibility index (Phi) is 4.16. The van der Waals surface area contributed by atoms with Crippen LogP contribution in [0.4, 0.5) is 17.6 Å². The summed E-state index contributed by atoms with van der Waals surface area (Å²) in [5, 5.41) is 5.99. The Morgan fingerprint density at radius 2 is 1.89 bits per heavy atom. The van der Waals surface area contributed by atoms with Crippen LogP contribution in [0, 0.1) is 6.92 Å². The number of hydrogen-bond acceptors (Lipinski definition) is 6. The lowest BCUT2D eigenvalue weighted by Gasteiger charge is -2.10. The van der Waals surface area contributed by atoms with Gasteiger partial charge in [-0.05, 0) is 34.5 Å². The highest BCUT2D eigenvalue weighted by Gasteiger charge is 2.08. The van der Waals surface area contributed by atoms with Crippen molar-refractivity contribution >= 4 is 33.5 Å². The highest BCUT2D eigenvalue weighted by Crippen LogP contribution is 2.28. The van der Waals surface area contributed by atoms with Gasteiger partial charge in [0.25, 0.3) is 0 Å². The molecule has 0 fully saturated rings. The van der Waals surface area contributed by atoms with E-state index in [4.69, 9.17) is 4.74 Å². The second-order valence-electron chi connectivity index (χ2n) is 3.78. The molecule has 0 radical (unpaired) electrons. The average molecular weight is 324 g/mol. The van der Waals surface area contributed by atoms with Gasteiger partial charge in [0.1, 0.15) is 0 Å². The summed E-state index contributed by atoms with van der Waals surface area (Å²) >= 11 is 3.53. The molecule has 1 aromatic carbocycles. The Bertz CT molecular complexity index is 568. The smallest absolute Gasteiger partial charge is 0.322 e. The molecular weight excluding hydrogens is 310 g/mol. The Morgan fingerprint density at radius 1 is 1.16 bits per heavy atom. The summed E-state index contributed by atoms with van der Waals surface area (Å²) < 4.78 is 6.01. The first kappa shape index (κ1) is 13.5. The minimum Gasteiger partial charge on any atom is -0.467 e. The van der Waals surface area contributed by atoms with E-state index in [2.05, 4.69) is 41.5 Å². The van der Waals surface area contributed by atoms with Crippen molar-refractivity contribution in [2.45, 2.75) is 6.92 Å². The number of aryl methyl sites for hydroxylation is 1. The van der Waals surface area contributed by atoms with Crippen molar-refractivity contribution in [1.82, 2.24) is 15.0 Å². The summed E-state index contributed by atoms with van der Waals surface area (Å²) in [4.78, 5) is 12.4. The SMILES string of the molecule is CNc1nc(Nc2cccc(C)c2Br)nc(OC)n1. The Labute approximate surface area is 119 Å². The molecule has 1 aromatic heterocycles. The van der Waals surface area contributed by atoms with Crippen LogP contribution in [-0.4, -0.2) is 29.1 Å². The van der Waals surface area contributed by atoms with E-state index in [-0.39, 0.29) is 6.01 Å². The van der Waals surface area contributed by atoms with Gasteiger partial charge in [0.15, 0.2) is 0 Å². The van der Waals surface area contributed by atoms with E-state index in [1.165, 1.54) is 7.11 Å². The van der Waals surface area contributed by atoms with Gasteiger partial charge < -0.3 is 15.4 Å². The Hall–Kier alpha value is -1.89. The van der Waals surface area contributed by atoms with E-state index in [0.29, 0.717) is 11.9 Å². The maximum Gasteiger partial charge on any atom is 0.322 e. The molecule has 0 aliphatic rings. The third-order valence-corrected chi connectivity index (χ3v) is 3.51. The van der Waals surface area contributed by atoms with Gasteiger partial charge in [-0.1, -0.05) is 12.1 Å². The van der Waals surface area contributed by atoms with Gasteiger partial charge in [0, 0.05) is 11.5 Å². The number of rotatable bonds is 4. The summed E-state index contributed by atoms with van der Waals surface area (Å²) in [5.41, 5.74) is 2.01. The van der Waals surface area contributed by atoms with Crippen LogP contribution in [0.25, 0.3) is 0 Å². The number of anilines is 3. The van der Waals surface area contributed by atoms with Crippen molar-refractivity contribution < 1.29 is 4.74 Å². The summed E-state index contributed by atoms with van der Waals surface area (Å²) in [7, 11) is 3.25. The Balaban J connectivity index is 2.34. The summed E-state index contributed by atoms with van der Waals surface area (Å²) in [5.74, 6) is 0.862. The summed E-state index contributed by atoms with van der Waals surface area (Å²) in [6.07, 6.45) is 0. The third-order valence-electron chi connectivity index (χ3n) is 2.46. The largest absolute Gasteiger partial charge is 0.467 e. The van der Waals surface area contributed by atoms with Crippen molar-refractivity contribution in [3.05, 3.63) is 28.2 Å². The van der Waals surface area contributed by atoms with Crippen LogP contribution in [0.15, 0.2) is 22.7 Å². The molecule has 100 valence electrons. The van der Waals surface area contributed by atoms with Gasteiger partial charge in [0.05, 0.1) is 12.8 Å². The van der Waals surface area contributed by atoms with Crippen LogP contribution >= 0.6 is 15.9 Å². The van der Waals surface area contributed by atoms with Crippen LogP contribution in [-0.2, 0) is 0 Å². The van der Waals surface area contributed by atoms with Crippen LogP contribution in [0.5, 0.6) is 6.01 Å². The van der Waals surface area contributed by atoms with E-state index in [9.17, 15) is 0 Å². The van der Waals surface area contributed by atoms with Gasteiger partial charge in [-0.25, -0.2) is 0 Å². The predicted molar refractivity (Wildman–Crippen MR) is 78.1 cm³/mol. The van der Waals surface area contributed by atoms with Crippen molar-refractivity contribution in [2.75, 3.05) is 24.8 Å². The van der Waals surface area contributed by atoms with Crippen molar-refractivity contribution in [3.63, 3.8) is 0 Å². The number of ether oxygens (including phenoxy) is 1. The molecule has 19 heavy (non-hydrogen) atoms. The third kappa shape index (κ3) is 3.11. The van der Waals surface area contributed by atoms with Gasteiger partial charge >= 0.3 is 6.01 Å². The van der Waals surface area contributed by atoms with Gasteiger partial charge in [0.2, 0.25) is 11.9 Å². The monoisotopic (exact) mass is 323 g/mol. The quantitative estimate of drug-likeness (QED) is 0.901. The first-order valence-corrected chi connectivity index (χ1v) is 6.43. The maximum absolute atomic E-state index is 5.04. The molecule has 0 saturated carbocycles. The number of aromatic nitrogens is 3. The summed E-state index contributed by atoms with van der Waals surface area (Å²) in [6.45, 7) is 2.02. The molecule has 0 unspecified atom stereocenters. The maximum atomic E-state index is 5.04. The molecule has 2 rings (SSSR count). The van der Waals surface area contributed by atoms with Crippen molar-refractivity contribution in [3.8, 4) is 6.01 Å². The molecule has 2 aromatic rings. The van der Waals surface area contributed by atoms with Gasteiger partial charge in [-0.3, -0.25) is 0 Å². The van der Waals surface area contributed by atoms with Crippen LogP contribution in [0.2, 0.25) is 0 Å². The molecule has 6 nitrogen and oxygen atoms in total. The van der Waals surface area contributed by atoms with Crippen molar-refractivity contribution in [1.29, 1.82) is 0 Å². The molecule has 2 N–H and O–H groups in total. The molecular formula is C12H14BrN5O. The van der Waals surface area contributed by atoms with Crippen LogP contribution < -0.4 is 15.4 Å². The molecule has 1 heterocycles. The number of methoxy groups -OCH3 is 1. The molecule has 0 spiro atoms. The summed E-state index contributed by atoms with van der Waals surface area (Å²) in [6, 6.07) is 6.17. The Morgan fingerprint density at radius 3 is 2.58 bits per heavy atom. The zero-order valence-electron chi connectivity index (χ0n) is 10.9. The molecule has 0 aliphatic heterocycles. The molecule has 0 saturated heterocycles. The van der Waals surface area contributed by atoms with Crippen molar-refractivity contribution in [2.24, 2.45) is 0 Å². The lowest BCUT2D eigenvalue weighted by Crippen LogP contribution is -2.05. The van der Waals surface area contributed by atoms with Gasteiger partial charge in [-0.15, -0.1) is 0 Å². The molecule has 0 atom stereocenters. The van der Waals surface area contributed by atoms with E-state index >= 15 is 0 Å². The second-order valence-corrected chi connectivity index (χ2v) is 4.57. The van der Waals surface area contributed by atoms with E-state index in [0.717, 1.165) is 15.7 Å². The normalized spacial score (nSPS) is 10.1. The lowest BCUT2D eigenvalue weighted by molar-refractivity contribution is 0.379. The fourth-order valence-corrected chi connectivity index (χ4v) is 1.84. The highest BCUT2D eigenvalue weighted by molar-refractivity contribution is 9.10. The number of hydrogen-bond donors (Lipinski definition) is 2. The average Bonchev–Trinajstić information content (AvgIpc) is 2.43. The van der Waals surface area contributed by atoms with E-state index < -0.39 is 0 Å². The predicted octanol–water partition coefficient (Wildman–Crippen LogP) is 2.74. The number of nitrogens with zero attached hydrogens (tertiary/aromatic N) is 3. The number of nitrogens with one attached hydrogen (secondary N) is 2. The first-order valence-electron chi connectivity index (χ1n) is 5.64. The zero-order valence-corrected chi connectivity index (χ0v) is 12.4. The highest BCUT2D eigenvalue weighted by atomic mass is 79.9. The number of halogens is 1. The molecule has 0 amide bonds. The van der Waals surface area contributed by atoms with E-state index in [1.54, 1.807) is 7.05 Å². The first-order chi connectivity index (χ1) is 9.13. The van der Waals surface area contributed by atoms with Crippen LogP contribution in [0.1, 0.15) is 5.56 Å². The molecule has 0 aliphatic carbocycles. The zero-order chi connectivity index (χ0) is 13.8. The van der Waals surface area contributed by atoms with Crippen LogP contribution in [0.3, 0.4) is 0 Å².